The van der Waals surface area contributed by atoms with Gasteiger partial charge in [0.05, 0.1) is 5.69 Å². The van der Waals surface area contributed by atoms with Gasteiger partial charge in [0.15, 0.2) is 5.75 Å². The number of hydrogen-bond donors (Lipinski definition) is 1. The molecule has 2 rings (SSSR count). The van der Waals surface area contributed by atoms with Crippen LogP contribution in [-0.4, -0.2) is 76.6 Å². The summed E-state index contributed by atoms with van der Waals surface area (Å²) in [5, 5.41) is 2.78. The van der Waals surface area contributed by atoms with E-state index >= 15 is 0 Å². The van der Waals surface area contributed by atoms with Gasteiger partial charge < -0.3 is 19.9 Å². The Morgan fingerprint density at radius 3 is 2.40 bits per heavy atom. The van der Waals surface area contributed by atoms with Crippen molar-refractivity contribution in [1.82, 2.24) is 9.80 Å². The molecule has 0 aromatic heterocycles. The molecule has 0 spiro atoms. The minimum atomic E-state index is -4.69. The van der Waals surface area contributed by atoms with Crippen LogP contribution in [0.25, 0.3) is 0 Å². The number of benzene rings is 1. The largest absolute Gasteiger partial charge is 0.573 e. The monoisotopic (exact) mass is 360 g/mol. The Kier molecular flexibility index (Phi) is 6.78. The second-order valence-electron chi connectivity index (χ2n) is 6.46. The highest BCUT2D eigenvalue weighted by Crippen LogP contribution is 2.33. The van der Waals surface area contributed by atoms with Crippen LogP contribution in [0.2, 0.25) is 0 Å². The molecule has 1 aromatic rings. The summed E-state index contributed by atoms with van der Waals surface area (Å²) in [7, 11) is 5.73. The summed E-state index contributed by atoms with van der Waals surface area (Å²) in [6.45, 7) is 5.81. The Balaban J connectivity index is 1.92. The lowest BCUT2D eigenvalue weighted by Gasteiger charge is -2.36. The van der Waals surface area contributed by atoms with Gasteiger partial charge in [-0.1, -0.05) is 0 Å². The molecule has 0 saturated carbocycles. The summed E-state index contributed by atoms with van der Waals surface area (Å²) >= 11 is 0. The van der Waals surface area contributed by atoms with Gasteiger partial charge >= 0.3 is 6.36 Å². The summed E-state index contributed by atoms with van der Waals surface area (Å²) in [4.78, 5) is 6.81. The predicted molar refractivity (Wildman–Crippen MR) is 94.5 cm³/mol. The molecule has 0 unspecified atom stereocenters. The maximum absolute atomic E-state index is 12.4. The van der Waals surface area contributed by atoms with Crippen molar-refractivity contribution in [2.75, 3.05) is 70.6 Å². The number of ether oxygens (including phenoxy) is 1. The molecule has 1 heterocycles. The quantitative estimate of drug-likeness (QED) is 0.808. The molecule has 5 nitrogen and oxygen atoms in total. The van der Waals surface area contributed by atoms with E-state index in [0.29, 0.717) is 5.69 Å². The second kappa shape index (κ2) is 8.62. The molecule has 142 valence electrons. The van der Waals surface area contributed by atoms with Crippen LogP contribution in [0.1, 0.15) is 6.42 Å². The first kappa shape index (κ1) is 19.7. The number of piperazine rings is 1. The smallest absolute Gasteiger partial charge is 0.404 e. The van der Waals surface area contributed by atoms with Gasteiger partial charge in [-0.2, -0.15) is 0 Å². The van der Waals surface area contributed by atoms with Crippen LogP contribution >= 0.6 is 0 Å². The van der Waals surface area contributed by atoms with Crippen LogP contribution < -0.4 is 15.0 Å². The summed E-state index contributed by atoms with van der Waals surface area (Å²) in [5.74, 6) is -0.207. The molecule has 1 saturated heterocycles. The van der Waals surface area contributed by atoms with E-state index in [1.54, 1.807) is 19.2 Å². The van der Waals surface area contributed by atoms with Gasteiger partial charge in [-0.15, -0.1) is 13.2 Å². The lowest BCUT2D eigenvalue weighted by Crippen LogP contribution is -2.47. The fourth-order valence-electron chi connectivity index (χ4n) is 2.96. The van der Waals surface area contributed by atoms with E-state index in [0.717, 1.165) is 51.4 Å². The van der Waals surface area contributed by atoms with E-state index in [2.05, 4.69) is 38.8 Å². The lowest BCUT2D eigenvalue weighted by atomic mass is 10.2. The number of anilines is 2. The van der Waals surface area contributed by atoms with Crippen LogP contribution in [-0.2, 0) is 0 Å². The normalized spacial score (nSPS) is 16.4. The highest BCUT2D eigenvalue weighted by molar-refractivity contribution is 5.65. The van der Waals surface area contributed by atoms with Crippen molar-refractivity contribution in [3.63, 3.8) is 0 Å². The zero-order valence-corrected chi connectivity index (χ0v) is 15.1. The van der Waals surface area contributed by atoms with Gasteiger partial charge in [-0.3, -0.25) is 4.90 Å². The first-order valence-electron chi connectivity index (χ1n) is 8.48. The highest BCUT2D eigenvalue weighted by atomic mass is 19.4. The van der Waals surface area contributed by atoms with E-state index < -0.39 is 6.36 Å². The Hall–Kier alpha value is -1.67. The molecule has 0 aliphatic carbocycles. The molecule has 0 atom stereocenters. The molecule has 1 aromatic carbocycles. The molecule has 1 aliphatic heterocycles. The van der Waals surface area contributed by atoms with Crippen LogP contribution in [0.3, 0.4) is 0 Å². The van der Waals surface area contributed by atoms with Crippen molar-refractivity contribution in [3.8, 4) is 5.75 Å². The molecule has 0 bridgehead atoms. The number of halogens is 3. The van der Waals surface area contributed by atoms with Crippen LogP contribution in [0.15, 0.2) is 18.2 Å². The Bertz CT molecular complexity index is 543. The Labute approximate surface area is 147 Å². The summed E-state index contributed by atoms with van der Waals surface area (Å²) in [6, 6.07) is 4.77. The van der Waals surface area contributed by atoms with Crippen LogP contribution in [0, 0.1) is 0 Å². The molecule has 1 N–H and O–H groups in total. The molecule has 8 heteroatoms. The highest BCUT2D eigenvalue weighted by Gasteiger charge is 2.32. The zero-order chi connectivity index (χ0) is 18.4. The third-order valence-corrected chi connectivity index (χ3v) is 4.28. The van der Waals surface area contributed by atoms with Crippen LogP contribution in [0.4, 0.5) is 24.5 Å². The van der Waals surface area contributed by atoms with Gasteiger partial charge in [-0.05, 0) is 51.8 Å². The average Bonchev–Trinajstić information content (AvgIpc) is 2.54. The van der Waals surface area contributed by atoms with Crippen molar-refractivity contribution in [2.24, 2.45) is 0 Å². The Morgan fingerprint density at radius 1 is 1.16 bits per heavy atom. The number of nitrogens with one attached hydrogen (secondary N) is 1. The van der Waals surface area contributed by atoms with Crippen molar-refractivity contribution in [1.29, 1.82) is 0 Å². The van der Waals surface area contributed by atoms with E-state index in [9.17, 15) is 13.2 Å². The van der Waals surface area contributed by atoms with E-state index in [1.807, 2.05) is 0 Å². The third-order valence-electron chi connectivity index (χ3n) is 4.28. The van der Waals surface area contributed by atoms with E-state index in [1.165, 1.54) is 6.07 Å². The van der Waals surface area contributed by atoms with Gasteiger partial charge in [0.1, 0.15) is 0 Å². The molecule has 0 radical (unpaired) electrons. The fourth-order valence-corrected chi connectivity index (χ4v) is 2.96. The summed E-state index contributed by atoms with van der Waals surface area (Å²) in [5.41, 5.74) is 1.25. The van der Waals surface area contributed by atoms with Crippen molar-refractivity contribution < 1.29 is 17.9 Å². The average molecular weight is 360 g/mol. The molecule has 1 aliphatic rings. The van der Waals surface area contributed by atoms with Crippen molar-refractivity contribution in [2.45, 2.75) is 12.8 Å². The maximum Gasteiger partial charge on any atom is 0.573 e. The van der Waals surface area contributed by atoms with Gasteiger partial charge in [0.2, 0.25) is 0 Å². The van der Waals surface area contributed by atoms with Gasteiger partial charge in [-0.25, -0.2) is 0 Å². The minimum Gasteiger partial charge on any atom is -0.404 e. The first-order valence-corrected chi connectivity index (χ1v) is 8.48. The summed E-state index contributed by atoms with van der Waals surface area (Å²) < 4.78 is 41.4. The van der Waals surface area contributed by atoms with Crippen LogP contribution in [0.5, 0.6) is 5.75 Å². The van der Waals surface area contributed by atoms with Gasteiger partial charge in [0, 0.05) is 38.9 Å². The van der Waals surface area contributed by atoms with Gasteiger partial charge in [0.25, 0.3) is 0 Å². The fraction of sp³-hybridized carbons (Fsp3) is 0.647. The minimum absolute atomic E-state index is 0.207. The summed E-state index contributed by atoms with van der Waals surface area (Å²) in [6.07, 6.45) is -3.55. The van der Waals surface area contributed by atoms with E-state index in [-0.39, 0.29) is 5.75 Å². The molecular weight excluding hydrogens is 333 g/mol. The van der Waals surface area contributed by atoms with Crippen molar-refractivity contribution in [3.05, 3.63) is 18.2 Å². The number of hydrogen-bond acceptors (Lipinski definition) is 5. The van der Waals surface area contributed by atoms with E-state index in [4.69, 9.17) is 0 Å². The second-order valence-corrected chi connectivity index (χ2v) is 6.46. The third kappa shape index (κ3) is 6.28. The molecule has 1 fully saturated rings. The first-order chi connectivity index (χ1) is 11.8. The van der Waals surface area contributed by atoms with Crippen molar-refractivity contribution >= 4 is 11.4 Å². The number of alkyl halides is 3. The molecule has 0 amide bonds. The Morgan fingerprint density at radius 2 is 1.84 bits per heavy atom. The zero-order valence-electron chi connectivity index (χ0n) is 15.1. The number of nitrogens with zero attached hydrogens (tertiary/aromatic N) is 3. The topological polar surface area (TPSA) is 31.0 Å². The molecule has 25 heavy (non-hydrogen) atoms. The predicted octanol–water partition coefficient (Wildman–Crippen LogP) is 2.70. The number of rotatable bonds is 7. The standard InChI is InChI=1S/C17H27F3N4O/c1-21-15-13-14(5-6-16(15)25-17(18,19)20)24-11-9-23(10-12-24)8-4-7-22(2)3/h5-6,13,21H,4,7-12H2,1-3H3. The molecular formula is C17H27F3N4O. The lowest BCUT2D eigenvalue weighted by molar-refractivity contribution is -0.274. The SMILES string of the molecule is CNc1cc(N2CCN(CCCN(C)C)CC2)ccc1OC(F)(F)F. The maximum atomic E-state index is 12.4.